The van der Waals surface area contributed by atoms with Crippen molar-refractivity contribution in [1.29, 1.82) is 0 Å². The van der Waals surface area contributed by atoms with Gasteiger partial charge in [0.1, 0.15) is 13.2 Å². The number of allylic oxidation sites excluding steroid dienone is 26. The zero-order valence-corrected chi connectivity index (χ0v) is 47.6. The molecule has 2 unspecified atom stereocenters. The van der Waals surface area contributed by atoms with Crippen molar-refractivity contribution in [3.8, 4) is 0 Å². The number of rotatable bonds is 50. The fourth-order valence-corrected chi connectivity index (χ4v) is 6.94. The highest BCUT2D eigenvalue weighted by molar-refractivity contribution is 5.70. The molecule has 0 aliphatic carbocycles. The van der Waals surface area contributed by atoms with Crippen molar-refractivity contribution < 1.29 is 42.9 Å². The average Bonchev–Trinajstić information content (AvgIpc) is 3.38. The largest absolute Gasteiger partial charge is 0.545 e. The van der Waals surface area contributed by atoms with Gasteiger partial charge in [0.15, 0.2) is 12.4 Å². The van der Waals surface area contributed by atoms with E-state index in [1.165, 1.54) is 25.7 Å². The van der Waals surface area contributed by atoms with E-state index in [-0.39, 0.29) is 32.7 Å². The molecule has 420 valence electrons. The molecule has 0 heterocycles. The number of esters is 2. The van der Waals surface area contributed by atoms with Gasteiger partial charge >= 0.3 is 11.9 Å². The van der Waals surface area contributed by atoms with Gasteiger partial charge in [0.25, 0.3) is 0 Å². The fraction of sp³-hybridized carbons (Fsp3) is 0.561. The molecular formula is C66H103NO8. The van der Waals surface area contributed by atoms with E-state index in [0.717, 1.165) is 109 Å². The second-order valence-corrected chi connectivity index (χ2v) is 19.5. The zero-order valence-electron chi connectivity index (χ0n) is 47.6. The minimum atomic E-state index is -1.65. The molecule has 9 nitrogen and oxygen atoms in total. The van der Waals surface area contributed by atoms with Crippen LogP contribution >= 0.6 is 0 Å². The highest BCUT2D eigenvalue weighted by Crippen LogP contribution is 2.13. The van der Waals surface area contributed by atoms with E-state index in [1.54, 1.807) is 0 Å². The van der Waals surface area contributed by atoms with Crippen molar-refractivity contribution in [2.45, 2.75) is 193 Å². The third-order valence-corrected chi connectivity index (χ3v) is 11.3. The summed E-state index contributed by atoms with van der Waals surface area (Å²) in [5.41, 5.74) is 0. The lowest BCUT2D eigenvalue weighted by atomic mass is 10.1. The van der Waals surface area contributed by atoms with Gasteiger partial charge in [-0.2, -0.15) is 0 Å². The van der Waals surface area contributed by atoms with Crippen LogP contribution < -0.4 is 5.11 Å². The van der Waals surface area contributed by atoms with E-state index in [4.69, 9.17) is 18.9 Å². The van der Waals surface area contributed by atoms with Crippen LogP contribution in [0.2, 0.25) is 0 Å². The van der Waals surface area contributed by atoms with Crippen LogP contribution in [0, 0.1) is 0 Å². The highest BCUT2D eigenvalue weighted by atomic mass is 16.7. The van der Waals surface area contributed by atoms with Crippen molar-refractivity contribution >= 4 is 17.9 Å². The summed E-state index contributed by atoms with van der Waals surface area (Å²) in [4.78, 5) is 37.3. The van der Waals surface area contributed by atoms with Gasteiger partial charge < -0.3 is 33.3 Å². The van der Waals surface area contributed by atoms with Gasteiger partial charge in [0, 0.05) is 12.8 Å². The minimum Gasteiger partial charge on any atom is -0.545 e. The SMILES string of the molecule is CC/C=C\C/C=C\C/C=C\C/C=C\C/C=C\C/C=C\C/C=C\C/C=C\C/C=C\CCCC(=O)OC(COC(=O)CCCCCCCCCC/C=C\C/C=C\C/C=C\C/C=C\CC)COC(OCC[N+](C)(C)C)C(=O)[O-]. The Morgan fingerprint density at radius 1 is 0.400 bits per heavy atom. The van der Waals surface area contributed by atoms with Crippen LogP contribution in [0.1, 0.15) is 181 Å². The third kappa shape index (κ3) is 56.5. The number of ether oxygens (including phenoxy) is 4. The van der Waals surface area contributed by atoms with E-state index in [1.807, 2.05) is 27.2 Å². The van der Waals surface area contributed by atoms with Gasteiger partial charge in [0.2, 0.25) is 0 Å². The zero-order chi connectivity index (χ0) is 54.8. The van der Waals surface area contributed by atoms with Gasteiger partial charge in [0.05, 0.1) is 40.3 Å². The Bertz CT molecular complexity index is 1780. The van der Waals surface area contributed by atoms with E-state index in [0.29, 0.717) is 30.3 Å². The fourth-order valence-electron chi connectivity index (χ4n) is 6.94. The second-order valence-electron chi connectivity index (χ2n) is 19.5. The number of nitrogens with zero attached hydrogens (tertiary/aromatic N) is 1. The third-order valence-electron chi connectivity index (χ3n) is 11.3. The van der Waals surface area contributed by atoms with E-state index >= 15 is 0 Å². The van der Waals surface area contributed by atoms with E-state index in [9.17, 15) is 19.5 Å². The number of carboxylic acid groups (broad SMARTS) is 1. The van der Waals surface area contributed by atoms with Crippen LogP contribution in [-0.2, 0) is 33.3 Å². The lowest BCUT2D eigenvalue weighted by Crippen LogP contribution is -2.44. The molecule has 9 heteroatoms. The smallest absolute Gasteiger partial charge is 0.306 e. The Labute approximate surface area is 457 Å². The maximum atomic E-state index is 12.8. The first-order chi connectivity index (χ1) is 36.6. The number of hydrogen-bond donors (Lipinski definition) is 0. The van der Waals surface area contributed by atoms with Gasteiger partial charge in [-0.3, -0.25) is 9.59 Å². The van der Waals surface area contributed by atoms with Gasteiger partial charge in [-0.05, 0) is 116 Å². The first kappa shape index (κ1) is 69.9. The van der Waals surface area contributed by atoms with Crippen molar-refractivity contribution in [3.05, 3.63) is 158 Å². The molecule has 0 spiro atoms. The standard InChI is InChI=1S/C66H103NO8/c1-6-8-10-12-14-16-18-20-22-24-26-28-29-30-31-32-33-34-35-37-39-41-43-45-47-49-51-53-55-57-64(69)75-62(61-74-66(65(70)71)72-59-58-67(3,4)5)60-73-63(68)56-54-52-50-48-46-44-42-40-38-36-27-25-23-21-19-17-15-13-11-9-7-2/h8-11,14-17,20-23,26-28,30-31,33-34,36-37,39,43,45,49,51,62,66H,6-7,12-13,18-19,24-25,29,32,35,38,40-42,44,46-48,50,52-61H2,1-5H3/b10-8-,11-9-,16-14-,17-15-,22-20-,23-21-,28-26-,31-30-,34-33-,36-27-,39-37-,45-43-,51-49-. The van der Waals surface area contributed by atoms with Crippen LogP contribution in [-0.4, -0.2) is 82.3 Å². The first-order valence-corrected chi connectivity index (χ1v) is 28.6. The molecule has 0 rings (SSSR count). The van der Waals surface area contributed by atoms with Gasteiger partial charge in [-0.1, -0.05) is 210 Å². The van der Waals surface area contributed by atoms with Crippen LogP contribution in [0.3, 0.4) is 0 Å². The number of carbonyl (C=O) groups is 3. The number of carboxylic acids is 1. The molecule has 0 N–H and O–H groups in total. The molecule has 0 bridgehead atoms. The minimum absolute atomic E-state index is 0.125. The maximum Gasteiger partial charge on any atom is 0.306 e. The number of aliphatic carboxylic acids is 1. The Hall–Kier alpha value is -5.09. The highest BCUT2D eigenvalue weighted by Gasteiger charge is 2.21. The lowest BCUT2D eigenvalue weighted by molar-refractivity contribution is -0.870. The summed E-state index contributed by atoms with van der Waals surface area (Å²) in [6, 6.07) is 0. The van der Waals surface area contributed by atoms with Gasteiger partial charge in [-0.15, -0.1) is 0 Å². The van der Waals surface area contributed by atoms with Crippen LogP contribution in [0.15, 0.2) is 158 Å². The van der Waals surface area contributed by atoms with Crippen LogP contribution in [0.25, 0.3) is 0 Å². The normalized spacial score (nSPS) is 14.0. The first-order valence-electron chi connectivity index (χ1n) is 28.6. The molecule has 0 aromatic heterocycles. The molecular weight excluding hydrogens is 935 g/mol. The van der Waals surface area contributed by atoms with E-state index in [2.05, 4.69) is 166 Å². The maximum absolute atomic E-state index is 12.8. The van der Waals surface area contributed by atoms with Crippen molar-refractivity contribution in [1.82, 2.24) is 0 Å². The number of carbonyl (C=O) groups excluding carboxylic acids is 3. The number of unbranched alkanes of at least 4 members (excludes halogenated alkanes) is 9. The molecule has 0 saturated carbocycles. The average molecular weight is 1040 g/mol. The summed E-state index contributed by atoms with van der Waals surface area (Å²) in [5, 5.41) is 11.8. The molecule has 0 aliphatic rings. The Morgan fingerprint density at radius 3 is 1.11 bits per heavy atom. The Morgan fingerprint density at radius 2 is 0.733 bits per heavy atom. The molecule has 2 atom stereocenters. The number of likely N-dealkylation sites (N-methyl/N-ethyl adjacent to an activating group) is 1. The quantitative estimate of drug-likeness (QED) is 0.0195. The monoisotopic (exact) mass is 1040 g/mol. The second kappa shape index (κ2) is 55.2. The lowest BCUT2D eigenvalue weighted by Gasteiger charge is -2.26. The topological polar surface area (TPSA) is 111 Å². The van der Waals surface area contributed by atoms with Gasteiger partial charge in [-0.25, -0.2) is 0 Å². The Balaban J connectivity index is 4.44. The van der Waals surface area contributed by atoms with Crippen molar-refractivity contribution in [2.24, 2.45) is 0 Å². The number of quaternary nitrogens is 1. The number of hydrogen-bond acceptors (Lipinski definition) is 8. The predicted molar refractivity (Wildman–Crippen MR) is 315 cm³/mol. The Kier molecular flexibility index (Phi) is 51.4. The predicted octanol–water partition coefficient (Wildman–Crippen LogP) is 15.7. The van der Waals surface area contributed by atoms with E-state index < -0.39 is 30.3 Å². The van der Waals surface area contributed by atoms with Crippen molar-refractivity contribution in [2.75, 3.05) is 47.5 Å². The summed E-state index contributed by atoms with van der Waals surface area (Å²) in [7, 11) is 5.88. The summed E-state index contributed by atoms with van der Waals surface area (Å²) in [6.07, 6.45) is 78.6. The summed E-state index contributed by atoms with van der Waals surface area (Å²) < 4.78 is 22.6. The molecule has 0 aliphatic heterocycles. The van der Waals surface area contributed by atoms with Crippen LogP contribution in [0.4, 0.5) is 0 Å². The molecule has 0 fully saturated rings. The molecule has 0 radical (unpaired) electrons. The molecule has 75 heavy (non-hydrogen) atoms. The molecule has 0 aromatic carbocycles. The summed E-state index contributed by atoms with van der Waals surface area (Å²) in [6.45, 7) is 4.41. The van der Waals surface area contributed by atoms with Crippen molar-refractivity contribution in [3.63, 3.8) is 0 Å². The molecule has 0 amide bonds. The molecule has 0 saturated heterocycles. The molecule has 0 aromatic rings. The summed E-state index contributed by atoms with van der Waals surface area (Å²) in [5.74, 6) is -2.40. The van der Waals surface area contributed by atoms with Crippen LogP contribution in [0.5, 0.6) is 0 Å². The summed E-state index contributed by atoms with van der Waals surface area (Å²) >= 11 is 0.